The molecule has 2 amide bonds. The minimum absolute atomic E-state index is 0.0353. The Morgan fingerprint density at radius 3 is 2.41 bits per heavy atom. The second-order valence-corrected chi connectivity index (χ2v) is 7.48. The van der Waals surface area contributed by atoms with Gasteiger partial charge in [-0.25, -0.2) is 13.8 Å². The number of amides is 2. The highest BCUT2D eigenvalue weighted by molar-refractivity contribution is 7.09. The topological polar surface area (TPSA) is 71.1 Å². The van der Waals surface area contributed by atoms with E-state index < -0.39 is 29.5 Å². The average molecular weight is 415 g/mol. The van der Waals surface area contributed by atoms with Crippen LogP contribution in [0.4, 0.5) is 8.78 Å². The molecule has 3 aromatic rings. The van der Waals surface area contributed by atoms with E-state index in [0.29, 0.717) is 0 Å². The van der Waals surface area contributed by atoms with E-state index in [1.54, 1.807) is 11.3 Å². The number of rotatable bonds is 6. The first-order valence-corrected chi connectivity index (χ1v) is 9.72. The second kappa shape index (κ2) is 8.91. The zero-order chi connectivity index (χ0) is 21.0. The smallest absolute Gasteiger partial charge is 0.246 e. The standard InChI is InChI=1S/C21H19F2N3O2S/c1-12-25-18(11-29-12)14-5-3-13(4-6-14)9-19(27)26-20(21(28)24-2)15-7-8-16(22)17(23)10-15/h3-8,10-11,20H,9H2,1-2H3,(H,24,28)(H,26,27). The molecule has 0 radical (unpaired) electrons. The maximum atomic E-state index is 13.5. The van der Waals surface area contributed by atoms with Crippen LogP contribution in [0.1, 0.15) is 22.2 Å². The Morgan fingerprint density at radius 1 is 1.10 bits per heavy atom. The lowest BCUT2D eigenvalue weighted by Crippen LogP contribution is -2.39. The summed E-state index contributed by atoms with van der Waals surface area (Å²) in [5, 5.41) is 7.93. The van der Waals surface area contributed by atoms with E-state index in [2.05, 4.69) is 15.6 Å². The highest BCUT2D eigenvalue weighted by Gasteiger charge is 2.23. The molecule has 8 heteroatoms. The molecule has 1 aromatic heterocycles. The molecule has 29 heavy (non-hydrogen) atoms. The normalized spacial score (nSPS) is 11.7. The number of hydrogen-bond acceptors (Lipinski definition) is 4. The van der Waals surface area contributed by atoms with E-state index in [4.69, 9.17) is 0 Å². The van der Waals surface area contributed by atoms with Crippen LogP contribution in [0.3, 0.4) is 0 Å². The quantitative estimate of drug-likeness (QED) is 0.647. The molecule has 1 heterocycles. The van der Waals surface area contributed by atoms with E-state index >= 15 is 0 Å². The number of hydrogen-bond donors (Lipinski definition) is 2. The van der Waals surface area contributed by atoms with Crippen LogP contribution in [0.2, 0.25) is 0 Å². The van der Waals surface area contributed by atoms with E-state index in [1.165, 1.54) is 13.1 Å². The number of carbonyl (C=O) groups is 2. The van der Waals surface area contributed by atoms with Gasteiger partial charge in [0, 0.05) is 18.0 Å². The molecule has 150 valence electrons. The zero-order valence-electron chi connectivity index (χ0n) is 15.8. The minimum atomic E-state index is -1.13. The summed E-state index contributed by atoms with van der Waals surface area (Å²) in [4.78, 5) is 29.0. The van der Waals surface area contributed by atoms with Gasteiger partial charge in [-0.2, -0.15) is 0 Å². The fourth-order valence-corrected chi connectivity index (χ4v) is 3.45. The van der Waals surface area contributed by atoms with Crippen LogP contribution in [0.25, 0.3) is 11.3 Å². The Kier molecular flexibility index (Phi) is 6.33. The number of thiazole rings is 1. The summed E-state index contributed by atoms with van der Waals surface area (Å²) < 4.78 is 26.7. The van der Waals surface area contributed by atoms with E-state index in [1.807, 2.05) is 36.6 Å². The molecule has 0 saturated heterocycles. The van der Waals surface area contributed by atoms with Crippen molar-refractivity contribution in [2.45, 2.75) is 19.4 Å². The van der Waals surface area contributed by atoms with E-state index in [0.717, 1.165) is 34.0 Å². The predicted molar refractivity (Wildman–Crippen MR) is 107 cm³/mol. The first-order valence-electron chi connectivity index (χ1n) is 8.84. The molecule has 1 atom stereocenters. The summed E-state index contributed by atoms with van der Waals surface area (Å²) in [6, 6.07) is 9.35. The molecule has 0 bridgehead atoms. The maximum absolute atomic E-state index is 13.5. The summed E-state index contributed by atoms with van der Waals surface area (Å²) in [6.07, 6.45) is 0.0353. The highest BCUT2D eigenvalue weighted by atomic mass is 32.1. The lowest BCUT2D eigenvalue weighted by atomic mass is 10.0. The van der Waals surface area contributed by atoms with Gasteiger partial charge >= 0.3 is 0 Å². The monoisotopic (exact) mass is 415 g/mol. The van der Waals surface area contributed by atoms with Crippen LogP contribution < -0.4 is 10.6 Å². The Morgan fingerprint density at radius 2 is 1.83 bits per heavy atom. The van der Waals surface area contributed by atoms with Crippen molar-refractivity contribution in [3.05, 3.63) is 75.6 Å². The van der Waals surface area contributed by atoms with Gasteiger partial charge in [-0.1, -0.05) is 30.3 Å². The fourth-order valence-electron chi connectivity index (χ4n) is 2.82. The number of carbonyl (C=O) groups excluding carboxylic acids is 2. The summed E-state index contributed by atoms with van der Waals surface area (Å²) in [6.45, 7) is 1.93. The minimum Gasteiger partial charge on any atom is -0.357 e. The summed E-state index contributed by atoms with van der Waals surface area (Å²) >= 11 is 1.56. The molecule has 0 aliphatic carbocycles. The van der Waals surface area contributed by atoms with Crippen LogP contribution >= 0.6 is 11.3 Å². The van der Waals surface area contributed by atoms with E-state index in [9.17, 15) is 18.4 Å². The van der Waals surface area contributed by atoms with Gasteiger partial charge in [0.1, 0.15) is 6.04 Å². The summed E-state index contributed by atoms with van der Waals surface area (Å²) in [5.74, 6) is -3.05. The number of halogens is 2. The molecule has 0 aliphatic rings. The van der Waals surface area contributed by atoms with Gasteiger partial charge in [0.15, 0.2) is 11.6 Å². The molecular weight excluding hydrogens is 396 g/mol. The Balaban J connectivity index is 1.71. The van der Waals surface area contributed by atoms with Gasteiger partial charge in [0.2, 0.25) is 11.8 Å². The number of aromatic nitrogens is 1. The van der Waals surface area contributed by atoms with Gasteiger partial charge in [-0.3, -0.25) is 9.59 Å². The largest absolute Gasteiger partial charge is 0.357 e. The lowest BCUT2D eigenvalue weighted by molar-refractivity contribution is -0.128. The molecule has 2 aromatic carbocycles. The molecule has 0 aliphatic heterocycles. The van der Waals surface area contributed by atoms with Crippen LogP contribution in [0.5, 0.6) is 0 Å². The van der Waals surface area contributed by atoms with Crippen molar-refractivity contribution in [1.82, 2.24) is 15.6 Å². The Hall–Kier alpha value is -3.13. The van der Waals surface area contributed by atoms with Crippen molar-refractivity contribution in [3.8, 4) is 11.3 Å². The summed E-state index contributed by atoms with van der Waals surface area (Å²) in [5.41, 5.74) is 2.73. The van der Waals surface area contributed by atoms with Crippen molar-refractivity contribution in [2.24, 2.45) is 0 Å². The van der Waals surface area contributed by atoms with E-state index in [-0.39, 0.29) is 12.0 Å². The molecule has 0 spiro atoms. The van der Waals surface area contributed by atoms with Crippen LogP contribution in [0, 0.1) is 18.6 Å². The van der Waals surface area contributed by atoms with Gasteiger partial charge < -0.3 is 10.6 Å². The van der Waals surface area contributed by atoms with Crippen LogP contribution in [-0.4, -0.2) is 23.8 Å². The molecule has 2 N–H and O–H groups in total. The first-order chi connectivity index (χ1) is 13.9. The Bertz CT molecular complexity index is 1030. The number of aryl methyl sites for hydroxylation is 1. The van der Waals surface area contributed by atoms with Crippen molar-refractivity contribution in [3.63, 3.8) is 0 Å². The molecule has 0 fully saturated rings. The number of benzene rings is 2. The van der Waals surface area contributed by atoms with Crippen molar-refractivity contribution in [2.75, 3.05) is 7.05 Å². The van der Waals surface area contributed by atoms with Gasteiger partial charge in [-0.15, -0.1) is 11.3 Å². The van der Waals surface area contributed by atoms with Crippen LogP contribution in [0.15, 0.2) is 47.8 Å². The van der Waals surface area contributed by atoms with Crippen molar-refractivity contribution >= 4 is 23.2 Å². The van der Waals surface area contributed by atoms with Crippen molar-refractivity contribution < 1.29 is 18.4 Å². The molecule has 5 nitrogen and oxygen atoms in total. The van der Waals surface area contributed by atoms with Crippen molar-refractivity contribution in [1.29, 1.82) is 0 Å². The predicted octanol–water partition coefficient (Wildman–Crippen LogP) is 3.54. The van der Waals surface area contributed by atoms with Gasteiger partial charge in [0.05, 0.1) is 17.1 Å². The number of nitrogens with one attached hydrogen (secondary N) is 2. The third kappa shape index (κ3) is 5.03. The Labute approximate surface area is 170 Å². The van der Waals surface area contributed by atoms with Gasteiger partial charge in [-0.05, 0) is 30.2 Å². The molecular formula is C21H19F2N3O2S. The third-order valence-electron chi connectivity index (χ3n) is 4.32. The second-order valence-electron chi connectivity index (χ2n) is 6.41. The molecule has 1 unspecified atom stereocenters. The molecule has 3 rings (SSSR count). The maximum Gasteiger partial charge on any atom is 0.246 e. The summed E-state index contributed by atoms with van der Waals surface area (Å²) in [7, 11) is 1.40. The fraction of sp³-hybridized carbons (Fsp3) is 0.190. The average Bonchev–Trinajstić information content (AvgIpc) is 3.14. The van der Waals surface area contributed by atoms with Crippen LogP contribution in [-0.2, 0) is 16.0 Å². The first kappa shape index (κ1) is 20.6. The highest BCUT2D eigenvalue weighted by Crippen LogP contribution is 2.22. The number of likely N-dealkylation sites (N-methyl/N-ethyl adjacent to an activating group) is 1. The SMILES string of the molecule is CNC(=O)C(NC(=O)Cc1ccc(-c2csc(C)n2)cc1)c1ccc(F)c(F)c1. The lowest BCUT2D eigenvalue weighted by Gasteiger charge is -2.18. The number of nitrogens with zero attached hydrogens (tertiary/aromatic N) is 1. The zero-order valence-corrected chi connectivity index (χ0v) is 16.6. The molecule has 0 saturated carbocycles. The third-order valence-corrected chi connectivity index (χ3v) is 5.10. The van der Waals surface area contributed by atoms with Gasteiger partial charge in [0.25, 0.3) is 0 Å².